The summed E-state index contributed by atoms with van der Waals surface area (Å²) in [6.07, 6.45) is 2.02. The third kappa shape index (κ3) is 4.14. The maximum atomic E-state index is 12.3. The Bertz CT molecular complexity index is 1460. The van der Waals surface area contributed by atoms with Crippen molar-refractivity contribution in [1.82, 2.24) is 14.5 Å². The Labute approximate surface area is 194 Å². The molecular formula is C24H23N5O3S. The zero-order chi connectivity index (χ0) is 23.2. The molecule has 0 saturated carbocycles. The first-order valence-corrected chi connectivity index (χ1v) is 11.2. The number of imidazole rings is 1. The van der Waals surface area contributed by atoms with Gasteiger partial charge in [-0.3, -0.25) is 9.72 Å². The van der Waals surface area contributed by atoms with Crippen molar-refractivity contribution in [3.63, 3.8) is 0 Å². The number of nitrogens with zero attached hydrogens (tertiary/aromatic N) is 3. The average Bonchev–Trinajstić information content (AvgIpc) is 3.48. The van der Waals surface area contributed by atoms with E-state index >= 15 is 0 Å². The zero-order valence-electron chi connectivity index (χ0n) is 18.7. The Morgan fingerprint density at radius 2 is 1.88 bits per heavy atom. The van der Waals surface area contributed by atoms with Crippen LogP contribution in [0, 0.1) is 0 Å². The Kier molecular flexibility index (Phi) is 5.05. The summed E-state index contributed by atoms with van der Waals surface area (Å²) >= 11 is 1.62. The van der Waals surface area contributed by atoms with Gasteiger partial charge in [0.2, 0.25) is 0 Å². The molecule has 9 heteroatoms. The van der Waals surface area contributed by atoms with Gasteiger partial charge in [0.25, 0.3) is 0 Å². The number of benzene rings is 2. The summed E-state index contributed by atoms with van der Waals surface area (Å²) < 4.78 is 13.8. The van der Waals surface area contributed by atoms with E-state index in [-0.39, 0.29) is 11.4 Å². The molecular weight excluding hydrogens is 438 g/mol. The van der Waals surface area contributed by atoms with Crippen LogP contribution in [-0.2, 0) is 5.41 Å². The predicted octanol–water partition coefficient (Wildman–Crippen LogP) is 6.15. The van der Waals surface area contributed by atoms with Crippen LogP contribution in [0.25, 0.3) is 26.4 Å². The molecule has 2 N–H and O–H groups in total. The van der Waals surface area contributed by atoms with Gasteiger partial charge in [0.15, 0.2) is 10.8 Å². The van der Waals surface area contributed by atoms with E-state index in [4.69, 9.17) is 14.2 Å². The summed E-state index contributed by atoms with van der Waals surface area (Å²) in [5, 5.41) is 9.40. The van der Waals surface area contributed by atoms with Gasteiger partial charge in [0, 0.05) is 28.9 Å². The highest BCUT2D eigenvalue weighted by Gasteiger charge is 2.20. The Hall–Kier alpha value is -3.85. The first kappa shape index (κ1) is 21.0. The van der Waals surface area contributed by atoms with Crippen molar-refractivity contribution in [2.24, 2.45) is 0 Å². The van der Waals surface area contributed by atoms with E-state index in [1.165, 1.54) is 0 Å². The van der Waals surface area contributed by atoms with Crippen molar-refractivity contribution in [3.05, 3.63) is 60.5 Å². The highest BCUT2D eigenvalue weighted by Crippen LogP contribution is 2.32. The van der Waals surface area contributed by atoms with Gasteiger partial charge in [-0.15, -0.1) is 0 Å². The molecule has 33 heavy (non-hydrogen) atoms. The summed E-state index contributed by atoms with van der Waals surface area (Å²) in [5.41, 5.74) is 3.40. The minimum Gasteiger partial charge on any atom is -0.497 e. The number of methoxy groups -OCH3 is 1. The first-order chi connectivity index (χ1) is 15.8. The normalized spacial score (nSPS) is 11.8. The van der Waals surface area contributed by atoms with E-state index < -0.39 is 0 Å². The van der Waals surface area contributed by atoms with Crippen LogP contribution in [0.4, 0.5) is 16.3 Å². The standard InChI is InChI=1S/C24H23N5O3S/c1-24(2,3)20-12-21(28-32-20)27-22(30)25-15-7-5-14(6-8-15)17-13-29-18-10-9-16(31-4)11-19(18)33-23(29)26-17/h5-13H,1-4H3,(H2,25,27,28,30). The van der Waals surface area contributed by atoms with Gasteiger partial charge in [0.1, 0.15) is 11.5 Å². The van der Waals surface area contributed by atoms with Crippen molar-refractivity contribution in [2.45, 2.75) is 26.2 Å². The molecule has 2 aromatic carbocycles. The maximum absolute atomic E-state index is 12.3. The average molecular weight is 462 g/mol. The summed E-state index contributed by atoms with van der Waals surface area (Å²) in [7, 11) is 1.66. The lowest BCUT2D eigenvalue weighted by atomic mass is 9.93. The van der Waals surface area contributed by atoms with Crippen LogP contribution >= 0.6 is 11.3 Å². The van der Waals surface area contributed by atoms with Crippen molar-refractivity contribution in [3.8, 4) is 17.0 Å². The largest absolute Gasteiger partial charge is 0.497 e. The fourth-order valence-corrected chi connectivity index (χ4v) is 4.47. The van der Waals surface area contributed by atoms with Gasteiger partial charge >= 0.3 is 6.03 Å². The number of nitrogens with one attached hydrogen (secondary N) is 2. The number of hydrogen-bond donors (Lipinski definition) is 2. The zero-order valence-corrected chi connectivity index (χ0v) is 19.5. The number of ether oxygens (including phenoxy) is 1. The molecule has 3 heterocycles. The number of amides is 2. The molecule has 0 unspecified atom stereocenters. The highest BCUT2D eigenvalue weighted by molar-refractivity contribution is 7.23. The quantitative estimate of drug-likeness (QED) is 0.335. The second-order valence-corrected chi connectivity index (χ2v) is 9.71. The number of hydrogen-bond acceptors (Lipinski definition) is 6. The molecule has 0 spiro atoms. The smallest absolute Gasteiger partial charge is 0.324 e. The van der Waals surface area contributed by atoms with E-state index in [0.717, 1.165) is 32.2 Å². The molecule has 3 aromatic heterocycles. The lowest BCUT2D eigenvalue weighted by Crippen LogP contribution is -2.19. The van der Waals surface area contributed by atoms with Crippen molar-refractivity contribution in [2.75, 3.05) is 17.7 Å². The number of anilines is 2. The van der Waals surface area contributed by atoms with E-state index in [1.54, 1.807) is 24.5 Å². The first-order valence-electron chi connectivity index (χ1n) is 10.4. The molecule has 0 saturated heterocycles. The number of thiazole rings is 1. The van der Waals surface area contributed by atoms with Gasteiger partial charge < -0.3 is 14.6 Å². The number of carbonyl (C=O) groups is 1. The fraction of sp³-hybridized carbons (Fsp3) is 0.208. The van der Waals surface area contributed by atoms with Crippen molar-refractivity contribution >= 4 is 44.1 Å². The SMILES string of the molecule is COc1ccc2c(c1)sc1nc(-c3ccc(NC(=O)Nc4cc(C(C)(C)C)on4)cc3)cn12. The van der Waals surface area contributed by atoms with Crippen molar-refractivity contribution in [1.29, 1.82) is 0 Å². The Morgan fingerprint density at radius 3 is 2.58 bits per heavy atom. The molecule has 5 rings (SSSR count). The number of rotatable bonds is 4. The molecule has 2 amide bonds. The van der Waals surface area contributed by atoms with Gasteiger partial charge in [-0.1, -0.05) is 49.4 Å². The topological polar surface area (TPSA) is 93.7 Å². The van der Waals surface area contributed by atoms with Crippen LogP contribution in [0.3, 0.4) is 0 Å². The molecule has 0 fully saturated rings. The van der Waals surface area contributed by atoms with Crippen LogP contribution in [0.1, 0.15) is 26.5 Å². The number of carbonyl (C=O) groups excluding carboxylic acids is 1. The van der Waals surface area contributed by atoms with E-state index in [1.807, 2.05) is 69.4 Å². The van der Waals surface area contributed by atoms with Crippen LogP contribution in [-0.4, -0.2) is 27.7 Å². The van der Waals surface area contributed by atoms with E-state index in [9.17, 15) is 4.79 Å². The number of aromatic nitrogens is 3. The van der Waals surface area contributed by atoms with Crippen LogP contribution in [0.5, 0.6) is 5.75 Å². The van der Waals surface area contributed by atoms with Crippen LogP contribution in [0.15, 0.2) is 59.3 Å². The minimum absolute atomic E-state index is 0.181. The molecule has 0 aliphatic rings. The van der Waals surface area contributed by atoms with Gasteiger partial charge in [-0.05, 0) is 30.3 Å². The molecule has 0 aliphatic heterocycles. The van der Waals surface area contributed by atoms with E-state index in [2.05, 4.69) is 20.2 Å². The Balaban J connectivity index is 1.29. The molecule has 0 radical (unpaired) electrons. The van der Waals surface area contributed by atoms with Crippen LogP contribution < -0.4 is 15.4 Å². The fourth-order valence-electron chi connectivity index (χ4n) is 3.44. The summed E-state index contributed by atoms with van der Waals surface area (Å²) in [4.78, 5) is 18.0. The predicted molar refractivity (Wildman–Crippen MR) is 130 cm³/mol. The van der Waals surface area contributed by atoms with Gasteiger partial charge in [-0.2, -0.15) is 0 Å². The Morgan fingerprint density at radius 1 is 1.09 bits per heavy atom. The third-order valence-electron chi connectivity index (χ3n) is 5.23. The second-order valence-electron chi connectivity index (χ2n) is 8.70. The van der Waals surface area contributed by atoms with Crippen LogP contribution in [0.2, 0.25) is 0 Å². The van der Waals surface area contributed by atoms with Gasteiger partial charge in [0.05, 0.1) is 23.0 Å². The van der Waals surface area contributed by atoms with Crippen molar-refractivity contribution < 1.29 is 14.1 Å². The number of fused-ring (bicyclic) bond motifs is 3. The summed E-state index contributed by atoms with van der Waals surface area (Å²) in [6, 6.07) is 14.9. The molecule has 168 valence electrons. The van der Waals surface area contributed by atoms with Gasteiger partial charge in [-0.25, -0.2) is 9.78 Å². The summed E-state index contributed by atoms with van der Waals surface area (Å²) in [5.74, 6) is 1.91. The molecule has 5 aromatic rings. The molecule has 0 aliphatic carbocycles. The number of urea groups is 1. The highest BCUT2D eigenvalue weighted by atomic mass is 32.1. The molecule has 0 atom stereocenters. The van der Waals surface area contributed by atoms with E-state index in [0.29, 0.717) is 17.3 Å². The lowest BCUT2D eigenvalue weighted by Gasteiger charge is -2.12. The third-order valence-corrected chi connectivity index (χ3v) is 6.25. The second kappa shape index (κ2) is 7.93. The lowest BCUT2D eigenvalue weighted by molar-refractivity contribution is 0.262. The molecule has 0 bridgehead atoms. The maximum Gasteiger partial charge on any atom is 0.324 e. The molecule has 8 nitrogen and oxygen atoms in total. The minimum atomic E-state index is -0.388. The summed E-state index contributed by atoms with van der Waals surface area (Å²) in [6.45, 7) is 6.05. The monoisotopic (exact) mass is 461 g/mol.